The van der Waals surface area contributed by atoms with Gasteiger partial charge in [0.2, 0.25) is 5.91 Å². The maximum absolute atomic E-state index is 12.1. The summed E-state index contributed by atoms with van der Waals surface area (Å²) in [4.78, 5) is 12.0. The average Bonchev–Trinajstić information content (AvgIpc) is 2.41. The van der Waals surface area contributed by atoms with E-state index in [1.807, 2.05) is 12.1 Å². The molecule has 0 saturated carbocycles. The topological polar surface area (TPSA) is 63.2 Å². The summed E-state index contributed by atoms with van der Waals surface area (Å²) in [7, 11) is -3.68. The molecule has 0 aliphatic rings. The molecule has 0 heterocycles. The van der Waals surface area contributed by atoms with Gasteiger partial charge in [-0.05, 0) is 59.0 Å². The molecule has 0 bridgehead atoms. The quantitative estimate of drug-likeness (QED) is 0.749. The van der Waals surface area contributed by atoms with Crippen LogP contribution >= 0.6 is 34.2 Å². The number of hydrogen-bond acceptors (Lipinski definition) is 3. The van der Waals surface area contributed by atoms with Gasteiger partial charge in [-0.25, -0.2) is 8.42 Å². The molecule has 0 atom stereocenters. The molecule has 0 fully saturated rings. The Bertz CT molecular complexity index is 760. The van der Waals surface area contributed by atoms with E-state index in [2.05, 4.69) is 27.9 Å². The average molecular weight is 436 g/mol. The number of nitrogens with one attached hydrogen (secondary N) is 1. The summed E-state index contributed by atoms with van der Waals surface area (Å²) < 4.78 is 25.1. The first-order valence-corrected chi connectivity index (χ1v) is 9.02. The lowest BCUT2D eigenvalue weighted by atomic mass is 10.3. The van der Waals surface area contributed by atoms with E-state index in [0.717, 1.165) is 3.57 Å². The Morgan fingerprint density at radius 2 is 1.71 bits per heavy atom. The third-order valence-electron chi connectivity index (χ3n) is 2.64. The largest absolute Gasteiger partial charge is 0.324 e. The molecule has 1 N–H and O–H groups in total. The Morgan fingerprint density at radius 3 is 2.33 bits per heavy atom. The number of rotatable bonds is 4. The maximum Gasteiger partial charge on any atom is 0.239 e. The summed E-state index contributed by atoms with van der Waals surface area (Å²) in [6.45, 7) is 0. The number of benzene rings is 2. The molecule has 2 aromatic rings. The number of hydrogen-bond donors (Lipinski definition) is 1. The Balaban J connectivity index is 2.12. The predicted octanol–water partition coefficient (Wildman–Crippen LogP) is 3.36. The summed E-state index contributed by atoms with van der Waals surface area (Å²) in [5.41, 5.74) is 0.592. The van der Waals surface area contributed by atoms with Crippen LogP contribution in [0.5, 0.6) is 0 Å². The number of sulfone groups is 1. The van der Waals surface area contributed by atoms with Crippen LogP contribution in [0, 0.1) is 3.57 Å². The normalized spacial score (nSPS) is 11.1. The molecule has 7 heteroatoms. The minimum atomic E-state index is -3.68. The highest BCUT2D eigenvalue weighted by atomic mass is 127. The van der Waals surface area contributed by atoms with Crippen molar-refractivity contribution in [2.75, 3.05) is 11.1 Å². The van der Waals surface area contributed by atoms with E-state index >= 15 is 0 Å². The molecule has 0 saturated heterocycles. The first kappa shape index (κ1) is 16.3. The van der Waals surface area contributed by atoms with Crippen LogP contribution in [0.4, 0.5) is 5.69 Å². The van der Waals surface area contributed by atoms with E-state index in [0.29, 0.717) is 10.7 Å². The number of amides is 1. The zero-order chi connectivity index (χ0) is 15.5. The summed E-state index contributed by atoms with van der Waals surface area (Å²) >= 11 is 7.78. The van der Waals surface area contributed by atoms with Gasteiger partial charge in [-0.15, -0.1) is 0 Å². The lowest BCUT2D eigenvalue weighted by Gasteiger charge is -2.08. The molecule has 0 spiro atoms. The van der Waals surface area contributed by atoms with E-state index in [4.69, 9.17) is 11.6 Å². The van der Waals surface area contributed by atoms with Gasteiger partial charge in [0.1, 0.15) is 5.75 Å². The van der Waals surface area contributed by atoms with Gasteiger partial charge in [0.25, 0.3) is 0 Å². The van der Waals surface area contributed by atoms with Gasteiger partial charge in [0, 0.05) is 8.59 Å². The monoisotopic (exact) mass is 435 g/mol. The second-order valence-corrected chi connectivity index (χ2v) is 7.83. The summed E-state index contributed by atoms with van der Waals surface area (Å²) in [5, 5.41) is 3.04. The molecular formula is C14H11ClINO3S. The molecule has 0 unspecified atom stereocenters. The lowest BCUT2D eigenvalue weighted by Crippen LogP contribution is -2.23. The minimum absolute atomic E-state index is 0.0739. The van der Waals surface area contributed by atoms with Gasteiger partial charge < -0.3 is 5.32 Å². The highest BCUT2D eigenvalue weighted by Gasteiger charge is 2.19. The summed E-state index contributed by atoms with van der Waals surface area (Å²) in [5.74, 6) is -1.19. The van der Waals surface area contributed by atoms with Crippen molar-refractivity contribution < 1.29 is 13.2 Å². The SMILES string of the molecule is O=C(CS(=O)(=O)c1ccc(Cl)cc1)Nc1ccccc1I. The van der Waals surface area contributed by atoms with E-state index in [9.17, 15) is 13.2 Å². The zero-order valence-electron chi connectivity index (χ0n) is 10.7. The number of para-hydroxylation sites is 1. The Labute approximate surface area is 141 Å². The maximum atomic E-state index is 12.1. The van der Waals surface area contributed by atoms with Crippen molar-refractivity contribution in [2.24, 2.45) is 0 Å². The fourth-order valence-corrected chi connectivity index (χ4v) is 3.43. The molecule has 21 heavy (non-hydrogen) atoms. The molecule has 4 nitrogen and oxygen atoms in total. The fraction of sp³-hybridized carbons (Fsp3) is 0.0714. The van der Waals surface area contributed by atoms with Crippen molar-refractivity contribution in [2.45, 2.75) is 4.90 Å². The Morgan fingerprint density at radius 1 is 1.10 bits per heavy atom. The first-order valence-electron chi connectivity index (χ1n) is 5.91. The molecule has 0 radical (unpaired) electrons. The van der Waals surface area contributed by atoms with Crippen molar-refractivity contribution in [1.29, 1.82) is 0 Å². The first-order chi connectivity index (χ1) is 9.88. The fourth-order valence-electron chi connectivity index (χ4n) is 1.65. The zero-order valence-corrected chi connectivity index (χ0v) is 14.4. The van der Waals surface area contributed by atoms with E-state index in [1.165, 1.54) is 24.3 Å². The van der Waals surface area contributed by atoms with Gasteiger partial charge in [-0.3, -0.25) is 4.79 Å². The van der Waals surface area contributed by atoms with Gasteiger partial charge in [0.15, 0.2) is 9.84 Å². The Hall–Kier alpha value is -1.12. The van der Waals surface area contributed by atoms with Crippen LogP contribution in [0.2, 0.25) is 5.02 Å². The number of anilines is 1. The molecule has 2 rings (SSSR count). The van der Waals surface area contributed by atoms with Crippen molar-refractivity contribution in [3.05, 3.63) is 57.1 Å². The summed E-state index contributed by atoms with van der Waals surface area (Å²) in [6.07, 6.45) is 0. The van der Waals surface area contributed by atoms with Gasteiger partial charge >= 0.3 is 0 Å². The molecule has 0 aliphatic heterocycles. The van der Waals surface area contributed by atoms with Crippen LogP contribution in [0.15, 0.2) is 53.4 Å². The number of carbonyl (C=O) groups excluding carboxylic acids is 1. The number of carbonyl (C=O) groups is 1. The van der Waals surface area contributed by atoms with Crippen LogP contribution in [-0.4, -0.2) is 20.1 Å². The highest BCUT2D eigenvalue weighted by Crippen LogP contribution is 2.18. The van der Waals surface area contributed by atoms with Crippen LogP contribution in [0.25, 0.3) is 0 Å². The van der Waals surface area contributed by atoms with E-state index in [1.54, 1.807) is 12.1 Å². The summed E-state index contributed by atoms with van der Waals surface area (Å²) in [6, 6.07) is 12.9. The van der Waals surface area contributed by atoms with E-state index < -0.39 is 21.5 Å². The van der Waals surface area contributed by atoms with Gasteiger partial charge in [-0.1, -0.05) is 23.7 Å². The van der Waals surface area contributed by atoms with Crippen molar-refractivity contribution in [3.63, 3.8) is 0 Å². The predicted molar refractivity (Wildman–Crippen MR) is 91.3 cm³/mol. The van der Waals surface area contributed by atoms with Crippen molar-refractivity contribution in [1.82, 2.24) is 0 Å². The molecule has 2 aromatic carbocycles. The highest BCUT2D eigenvalue weighted by molar-refractivity contribution is 14.1. The van der Waals surface area contributed by atoms with Gasteiger partial charge in [-0.2, -0.15) is 0 Å². The van der Waals surface area contributed by atoms with Crippen LogP contribution in [0.3, 0.4) is 0 Å². The second-order valence-electron chi connectivity index (χ2n) is 4.24. The molecule has 110 valence electrons. The second kappa shape index (κ2) is 6.76. The molecule has 0 aliphatic carbocycles. The van der Waals surface area contributed by atoms with Gasteiger partial charge in [0.05, 0.1) is 10.6 Å². The molecule has 1 amide bonds. The third kappa shape index (κ3) is 4.42. The van der Waals surface area contributed by atoms with Crippen molar-refractivity contribution >= 4 is 55.6 Å². The lowest BCUT2D eigenvalue weighted by molar-refractivity contribution is -0.113. The van der Waals surface area contributed by atoms with Crippen LogP contribution in [-0.2, 0) is 14.6 Å². The van der Waals surface area contributed by atoms with Crippen LogP contribution in [0.1, 0.15) is 0 Å². The minimum Gasteiger partial charge on any atom is -0.324 e. The standard InChI is InChI=1S/C14H11ClINO3S/c15-10-5-7-11(8-6-10)21(19,20)9-14(18)17-13-4-2-1-3-12(13)16/h1-8H,9H2,(H,17,18). The molecule has 0 aromatic heterocycles. The Kier molecular flexibility index (Phi) is 5.23. The van der Waals surface area contributed by atoms with E-state index in [-0.39, 0.29) is 4.90 Å². The number of halogens is 2. The van der Waals surface area contributed by atoms with Crippen molar-refractivity contribution in [3.8, 4) is 0 Å². The van der Waals surface area contributed by atoms with Crippen LogP contribution < -0.4 is 5.32 Å². The molecular weight excluding hydrogens is 425 g/mol. The third-order valence-corrected chi connectivity index (χ3v) is 5.47. The smallest absolute Gasteiger partial charge is 0.239 e.